The fourth-order valence-corrected chi connectivity index (χ4v) is 2.51. The van der Waals surface area contributed by atoms with Gasteiger partial charge in [0.25, 0.3) is 0 Å². The Hall–Kier alpha value is -1.88. The highest BCUT2D eigenvalue weighted by atomic mass is 79.9. The SMILES string of the molecule is CNc1ccn2c(-c3ccccc3F)nc(Br)c2c1. The summed E-state index contributed by atoms with van der Waals surface area (Å²) in [5.74, 6) is 0.308. The Balaban J connectivity index is 2.29. The zero-order chi connectivity index (χ0) is 13.4. The number of imidazole rings is 1. The molecule has 3 rings (SSSR count). The van der Waals surface area contributed by atoms with Crippen LogP contribution in [0.3, 0.4) is 0 Å². The van der Waals surface area contributed by atoms with Crippen LogP contribution in [0.1, 0.15) is 0 Å². The summed E-state index contributed by atoms with van der Waals surface area (Å²) in [5.41, 5.74) is 2.36. The van der Waals surface area contributed by atoms with Crippen molar-refractivity contribution >= 4 is 27.1 Å². The molecule has 2 heterocycles. The number of aromatic nitrogens is 2. The summed E-state index contributed by atoms with van der Waals surface area (Å²) in [6, 6.07) is 10.5. The number of anilines is 1. The Kier molecular flexibility index (Phi) is 2.98. The molecule has 0 amide bonds. The highest BCUT2D eigenvalue weighted by Gasteiger charge is 2.14. The van der Waals surface area contributed by atoms with Gasteiger partial charge in [-0.1, -0.05) is 12.1 Å². The number of benzene rings is 1. The van der Waals surface area contributed by atoms with Crippen LogP contribution in [0, 0.1) is 5.82 Å². The first kappa shape index (κ1) is 12.2. The molecule has 1 aromatic carbocycles. The summed E-state index contributed by atoms with van der Waals surface area (Å²) in [5, 5.41) is 3.07. The molecule has 96 valence electrons. The first-order valence-electron chi connectivity index (χ1n) is 5.81. The van der Waals surface area contributed by atoms with Gasteiger partial charge in [0, 0.05) is 18.9 Å². The van der Waals surface area contributed by atoms with Crippen molar-refractivity contribution in [3.63, 3.8) is 0 Å². The summed E-state index contributed by atoms with van der Waals surface area (Å²) in [6.07, 6.45) is 1.88. The quantitative estimate of drug-likeness (QED) is 0.775. The van der Waals surface area contributed by atoms with Crippen LogP contribution in [0.15, 0.2) is 47.2 Å². The molecule has 1 N–H and O–H groups in total. The van der Waals surface area contributed by atoms with Gasteiger partial charge in [0.05, 0.1) is 11.1 Å². The average Bonchev–Trinajstić information content (AvgIpc) is 2.76. The first-order valence-corrected chi connectivity index (χ1v) is 6.60. The van der Waals surface area contributed by atoms with Crippen molar-refractivity contribution in [2.45, 2.75) is 0 Å². The molecule has 0 unspecified atom stereocenters. The minimum atomic E-state index is -0.278. The number of hydrogen-bond donors (Lipinski definition) is 1. The molecule has 0 aliphatic heterocycles. The van der Waals surface area contributed by atoms with E-state index in [-0.39, 0.29) is 5.82 Å². The maximum absolute atomic E-state index is 13.9. The zero-order valence-electron chi connectivity index (χ0n) is 10.2. The molecule has 2 aromatic heterocycles. The molecule has 3 aromatic rings. The highest BCUT2D eigenvalue weighted by Crippen LogP contribution is 2.29. The van der Waals surface area contributed by atoms with E-state index in [0.717, 1.165) is 11.2 Å². The van der Waals surface area contributed by atoms with Crippen LogP contribution in [0.2, 0.25) is 0 Å². The van der Waals surface area contributed by atoms with Crippen LogP contribution in [0.25, 0.3) is 16.9 Å². The van der Waals surface area contributed by atoms with Gasteiger partial charge in [0.15, 0.2) is 0 Å². The molecule has 0 saturated carbocycles. The number of nitrogens with zero attached hydrogens (tertiary/aromatic N) is 2. The van der Waals surface area contributed by atoms with Crippen LogP contribution in [-0.2, 0) is 0 Å². The van der Waals surface area contributed by atoms with E-state index >= 15 is 0 Å². The van der Waals surface area contributed by atoms with Crippen molar-refractivity contribution < 1.29 is 4.39 Å². The Bertz CT molecular complexity index is 752. The molecule has 3 nitrogen and oxygen atoms in total. The molecular weight excluding hydrogens is 309 g/mol. The third kappa shape index (κ3) is 2.00. The summed E-state index contributed by atoms with van der Waals surface area (Å²) in [6.45, 7) is 0. The molecule has 0 fully saturated rings. The number of halogens is 2. The monoisotopic (exact) mass is 319 g/mol. The second-order valence-corrected chi connectivity index (χ2v) is 4.88. The van der Waals surface area contributed by atoms with Gasteiger partial charge in [-0.3, -0.25) is 4.40 Å². The lowest BCUT2D eigenvalue weighted by molar-refractivity contribution is 0.630. The largest absolute Gasteiger partial charge is 0.388 e. The molecule has 0 aliphatic rings. The van der Waals surface area contributed by atoms with Crippen LogP contribution in [-0.4, -0.2) is 16.4 Å². The first-order chi connectivity index (χ1) is 9.20. The molecule has 0 saturated heterocycles. The lowest BCUT2D eigenvalue weighted by Gasteiger charge is -2.04. The maximum Gasteiger partial charge on any atom is 0.148 e. The Morgan fingerprint density at radius 2 is 2.05 bits per heavy atom. The topological polar surface area (TPSA) is 29.3 Å². The highest BCUT2D eigenvalue weighted by molar-refractivity contribution is 9.10. The number of fused-ring (bicyclic) bond motifs is 1. The van der Waals surface area contributed by atoms with Crippen LogP contribution in [0.4, 0.5) is 10.1 Å². The van der Waals surface area contributed by atoms with Crippen LogP contribution < -0.4 is 5.32 Å². The molecule has 19 heavy (non-hydrogen) atoms. The van der Waals surface area contributed by atoms with E-state index in [1.165, 1.54) is 6.07 Å². The summed E-state index contributed by atoms with van der Waals surface area (Å²) in [7, 11) is 1.86. The third-order valence-corrected chi connectivity index (χ3v) is 3.59. The number of rotatable bonds is 2. The second-order valence-electron chi connectivity index (χ2n) is 4.13. The zero-order valence-corrected chi connectivity index (χ0v) is 11.8. The van der Waals surface area contributed by atoms with E-state index in [9.17, 15) is 4.39 Å². The maximum atomic E-state index is 13.9. The minimum Gasteiger partial charge on any atom is -0.388 e. The number of pyridine rings is 1. The van der Waals surface area contributed by atoms with Crippen LogP contribution >= 0.6 is 15.9 Å². The van der Waals surface area contributed by atoms with Gasteiger partial charge >= 0.3 is 0 Å². The normalized spacial score (nSPS) is 10.9. The summed E-state index contributed by atoms with van der Waals surface area (Å²) in [4.78, 5) is 4.41. The lowest BCUT2D eigenvalue weighted by Crippen LogP contribution is -1.93. The molecule has 5 heteroatoms. The standard InChI is InChI=1S/C14H11BrFN3/c1-17-9-6-7-19-12(8-9)13(15)18-14(19)10-4-2-3-5-11(10)16/h2-8,17H,1H3. The van der Waals surface area contributed by atoms with E-state index in [2.05, 4.69) is 26.2 Å². The van der Waals surface area contributed by atoms with Gasteiger partial charge in [-0.2, -0.15) is 0 Å². The van der Waals surface area contributed by atoms with Crippen molar-refractivity contribution in [3.8, 4) is 11.4 Å². The van der Waals surface area contributed by atoms with Gasteiger partial charge in [-0.25, -0.2) is 9.37 Å². The smallest absolute Gasteiger partial charge is 0.148 e. The molecule has 0 atom stereocenters. The third-order valence-electron chi connectivity index (χ3n) is 3.00. The second kappa shape index (κ2) is 4.66. The number of hydrogen-bond acceptors (Lipinski definition) is 2. The Labute approximate surface area is 118 Å². The predicted octanol–water partition coefficient (Wildman–Crippen LogP) is 3.94. The Morgan fingerprint density at radius 3 is 2.79 bits per heavy atom. The molecular formula is C14H11BrFN3. The number of nitrogens with one attached hydrogen (secondary N) is 1. The minimum absolute atomic E-state index is 0.278. The fraction of sp³-hybridized carbons (Fsp3) is 0.0714. The predicted molar refractivity (Wildman–Crippen MR) is 77.8 cm³/mol. The molecule has 0 radical (unpaired) electrons. The van der Waals surface area contributed by atoms with E-state index in [1.54, 1.807) is 18.2 Å². The molecule has 0 aliphatic carbocycles. The fourth-order valence-electron chi connectivity index (χ4n) is 2.04. The van der Waals surface area contributed by atoms with Crippen molar-refractivity contribution in [2.24, 2.45) is 0 Å². The molecule has 0 bridgehead atoms. The van der Waals surface area contributed by atoms with Gasteiger partial charge in [0.1, 0.15) is 16.2 Å². The van der Waals surface area contributed by atoms with E-state index in [4.69, 9.17) is 0 Å². The van der Waals surface area contributed by atoms with Gasteiger partial charge < -0.3 is 5.32 Å². The van der Waals surface area contributed by atoms with Crippen LogP contribution in [0.5, 0.6) is 0 Å². The van der Waals surface area contributed by atoms with Gasteiger partial charge in [-0.15, -0.1) is 0 Å². The van der Waals surface area contributed by atoms with Crippen molar-refractivity contribution in [1.82, 2.24) is 9.38 Å². The van der Waals surface area contributed by atoms with E-state index in [1.807, 2.05) is 29.8 Å². The van der Waals surface area contributed by atoms with Crippen molar-refractivity contribution in [1.29, 1.82) is 0 Å². The van der Waals surface area contributed by atoms with E-state index in [0.29, 0.717) is 16.0 Å². The van der Waals surface area contributed by atoms with Crippen molar-refractivity contribution in [3.05, 3.63) is 53.0 Å². The van der Waals surface area contributed by atoms with Gasteiger partial charge in [0.2, 0.25) is 0 Å². The van der Waals surface area contributed by atoms with Crippen molar-refractivity contribution in [2.75, 3.05) is 12.4 Å². The van der Waals surface area contributed by atoms with E-state index < -0.39 is 0 Å². The van der Waals surface area contributed by atoms with Gasteiger partial charge in [-0.05, 0) is 40.2 Å². The lowest BCUT2D eigenvalue weighted by atomic mass is 10.2. The summed E-state index contributed by atoms with van der Waals surface area (Å²) < 4.78 is 16.4. The Morgan fingerprint density at radius 1 is 1.26 bits per heavy atom. The summed E-state index contributed by atoms with van der Waals surface area (Å²) >= 11 is 3.42. The average molecular weight is 320 g/mol. The molecule has 0 spiro atoms.